The van der Waals surface area contributed by atoms with Crippen LogP contribution in [-0.2, 0) is 23.8 Å². The SMILES string of the molecule is CCCCC/C=C\C/C=C\C/C=C\CCCCCCCCCCCCCCCCC(=O)OC1C(OCC(NC(=O)C(O)CCCCCCCCCCCCCCCCCCCCCC)C(O)/C=C/CCCCCCCCCCCCC)OC(CO)C(O)C1O. The average Bonchev–Trinajstić information content (AvgIpc) is 1.85. The lowest BCUT2D eigenvalue weighted by molar-refractivity contribution is -0.305. The summed E-state index contributed by atoms with van der Waals surface area (Å²) in [7, 11) is 0. The van der Waals surface area contributed by atoms with E-state index >= 15 is 0 Å². The number of aliphatic hydroxyl groups excluding tert-OH is 5. The number of carbonyl (C=O) groups excluding carboxylic acids is 2. The molecule has 1 fully saturated rings. The molecule has 89 heavy (non-hydrogen) atoms. The molecule has 8 atom stereocenters. The number of ether oxygens (including phenoxy) is 3. The Morgan fingerprint density at radius 3 is 1.18 bits per heavy atom. The number of rotatable bonds is 67. The van der Waals surface area contributed by atoms with Crippen molar-refractivity contribution in [3.63, 3.8) is 0 Å². The Balaban J connectivity index is 2.52. The predicted molar refractivity (Wildman–Crippen MR) is 375 cm³/mol. The highest BCUT2D eigenvalue weighted by molar-refractivity contribution is 5.80. The van der Waals surface area contributed by atoms with Gasteiger partial charge in [-0.2, -0.15) is 0 Å². The van der Waals surface area contributed by atoms with Gasteiger partial charge in [0.25, 0.3) is 0 Å². The third-order valence-corrected chi connectivity index (χ3v) is 18.2. The molecule has 522 valence electrons. The number of nitrogens with one attached hydrogen (secondary N) is 1. The van der Waals surface area contributed by atoms with E-state index in [1.54, 1.807) is 6.08 Å². The fourth-order valence-corrected chi connectivity index (χ4v) is 12.2. The summed E-state index contributed by atoms with van der Waals surface area (Å²) in [5, 5.41) is 57.4. The van der Waals surface area contributed by atoms with Crippen molar-refractivity contribution >= 4 is 11.9 Å². The fourth-order valence-electron chi connectivity index (χ4n) is 12.2. The van der Waals surface area contributed by atoms with Gasteiger partial charge < -0.3 is 45.1 Å². The first-order valence-corrected chi connectivity index (χ1v) is 38.4. The maximum absolute atomic E-state index is 13.5. The van der Waals surface area contributed by atoms with Crippen LogP contribution in [0, 0.1) is 0 Å². The maximum atomic E-state index is 13.5. The molecule has 11 heteroatoms. The number of unbranched alkanes of at least 4 members (excludes halogenated alkanes) is 47. The van der Waals surface area contributed by atoms with E-state index < -0.39 is 67.4 Å². The minimum Gasteiger partial charge on any atom is -0.454 e. The van der Waals surface area contributed by atoms with Crippen LogP contribution in [-0.4, -0.2) is 99.6 Å². The second kappa shape index (κ2) is 65.7. The number of hydrogen-bond donors (Lipinski definition) is 6. The van der Waals surface area contributed by atoms with E-state index in [0.717, 1.165) is 70.6 Å². The molecule has 1 aliphatic rings. The second-order valence-electron chi connectivity index (χ2n) is 26.7. The molecule has 0 aromatic carbocycles. The fraction of sp³-hybridized carbons (Fsp3) is 0.872. The second-order valence-corrected chi connectivity index (χ2v) is 26.7. The summed E-state index contributed by atoms with van der Waals surface area (Å²) >= 11 is 0. The van der Waals surface area contributed by atoms with Crippen molar-refractivity contribution in [2.45, 2.75) is 423 Å². The summed E-state index contributed by atoms with van der Waals surface area (Å²) < 4.78 is 17.7. The zero-order chi connectivity index (χ0) is 64.6. The van der Waals surface area contributed by atoms with Crippen LogP contribution >= 0.6 is 0 Å². The first kappa shape index (κ1) is 84.6. The van der Waals surface area contributed by atoms with Crippen LogP contribution in [0.3, 0.4) is 0 Å². The highest BCUT2D eigenvalue weighted by Gasteiger charge is 2.47. The van der Waals surface area contributed by atoms with Crippen molar-refractivity contribution in [3.8, 4) is 0 Å². The summed E-state index contributed by atoms with van der Waals surface area (Å²) in [6, 6.07) is -1.02. The first-order valence-electron chi connectivity index (χ1n) is 38.4. The lowest BCUT2D eigenvalue weighted by Crippen LogP contribution is -2.61. The van der Waals surface area contributed by atoms with Crippen molar-refractivity contribution in [2.24, 2.45) is 0 Å². The summed E-state index contributed by atoms with van der Waals surface area (Å²) in [5.41, 5.74) is 0. The molecule has 0 spiro atoms. The molecule has 11 nitrogen and oxygen atoms in total. The number of allylic oxidation sites excluding steroid dienone is 7. The van der Waals surface area contributed by atoms with Crippen LogP contribution in [0.4, 0.5) is 0 Å². The maximum Gasteiger partial charge on any atom is 0.306 e. The Kier molecular flexibility index (Phi) is 62.4. The summed E-state index contributed by atoms with van der Waals surface area (Å²) in [4.78, 5) is 26.7. The zero-order valence-electron chi connectivity index (χ0n) is 58.3. The van der Waals surface area contributed by atoms with Crippen molar-refractivity contribution < 1.29 is 49.3 Å². The number of hydrogen-bond acceptors (Lipinski definition) is 10. The van der Waals surface area contributed by atoms with E-state index in [2.05, 4.69) is 62.5 Å². The van der Waals surface area contributed by atoms with Gasteiger partial charge in [-0.1, -0.05) is 352 Å². The molecular weight excluding hydrogens is 1110 g/mol. The third kappa shape index (κ3) is 52.7. The zero-order valence-corrected chi connectivity index (χ0v) is 58.3. The highest BCUT2D eigenvalue weighted by atomic mass is 16.7. The molecule has 1 aliphatic heterocycles. The van der Waals surface area contributed by atoms with Gasteiger partial charge >= 0.3 is 5.97 Å². The number of amides is 1. The molecule has 0 aliphatic carbocycles. The molecule has 0 radical (unpaired) electrons. The minimum absolute atomic E-state index is 0.125. The van der Waals surface area contributed by atoms with E-state index in [1.165, 1.54) is 257 Å². The molecular formula is C78H145NO10. The summed E-state index contributed by atoms with van der Waals surface area (Å²) in [6.07, 6.45) is 73.0. The smallest absolute Gasteiger partial charge is 0.306 e. The van der Waals surface area contributed by atoms with Gasteiger partial charge in [-0.3, -0.25) is 9.59 Å². The molecule has 0 aromatic rings. The predicted octanol–water partition coefficient (Wildman–Crippen LogP) is 20.3. The number of esters is 1. The Bertz CT molecular complexity index is 1640. The van der Waals surface area contributed by atoms with Gasteiger partial charge in [-0.25, -0.2) is 0 Å². The Labute approximate surface area is 548 Å². The van der Waals surface area contributed by atoms with Gasteiger partial charge in [0.1, 0.15) is 24.4 Å². The van der Waals surface area contributed by atoms with Crippen LogP contribution in [0.2, 0.25) is 0 Å². The van der Waals surface area contributed by atoms with Gasteiger partial charge in [-0.05, 0) is 64.2 Å². The van der Waals surface area contributed by atoms with Crippen LogP contribution in [0.25, 0.3) is 0 Å². The number of aliphatic hydroxyl groups is 5. The molecule has 1 amide bonds. The quantitative estimate of drug-likeness (QED) is 0.0195. The van der Waals surface area contributed by atoms with Crippen LogP contribution in [0.1, 0.15) is 374 Å². The molecule has 1 saturated heterocycles. The van der Waals surface area contributed by atoms with Gasteiger partial charge in [-0.15, -0.1) is 0 Å². The molecule has 0 saturated carbocycles. The summed E-state index contributed by atoms with van der Waals surface area (Å²) in [6.45, 7) is 5.83. The lowest BCUT2D eigenvalue weighted by Gasteiger charge is -2.41. The van der Waals surface area contributed by atoms with Crippen molar-refractivity contribution in [1.82, 2.24) is 5.32 Å². The van der Waals surface area contributed by atoms with Gasteiger partial charge in [0, 0.05) is 6.42 Å². The molecule has 0 bridgehead atoms. The highest BCUT2D eigenvalue weighted by Crippen LogP contribution is 2.27. The normalized spacial score (nSPS) is 18.3. The van der Waals surface area contributed by atoms with Crippen LogP contribution in [0.15, 0.2) is 48.6 Å². The van der Waals surface area contributed by atoms with Crippen molar-refractivity contribution in [3.05, 3.63) is 48.6 Å². The molecule has 1 heterocycles. The Morgan fingerprint density at radius 1 is 0.438 bits per heavy atom. The molecule has 0 aromatic heterocycles. The van der Waals surface area contributed by atoms with Crippen LogP contribution < -0.4 is 5.32 Å². The minimum atomic E-state index is -1.61. The monoisotopic (exact) mass is 1260 g/mol. The van der Waals surface area contributed by atoms with Gasteiger partial charge in [0.05, 0.1) is 25.4 Å². The van der Waals surface area contributed by atoms with Crippen molar-refractivity contribution in [1.29, 1.82) is 0 Å². The summed E-state index contributed by atoms with van der Waals surface area (Å²) in [5.74, 6) is -1.18. The molecule has 8 unspecified atom stereocenters. The van der Waals surface area contributed by atoms with E-state index in [-0.39, 0.29) is 13.0 Å². The Morgan fingerprint density at radius 2 is 0.775 bits per heavy atom. The van der Waals surface area contributed by atoms with Crippen molar-refractivity contribution in [2.75, 3.05) is 13.2 Å². The van der Waals surface area contributed by atoms with E-state index in [9.17, 15) is 35.1 Å². The van der Waals surface area contributed by atoms with E-state index in [1.807, 2.05) is 6.08 Å². The third-order valence-electron chi connectivity index (χ3n) is 18.2. The van der Waals surface area contributed by atoms with Gasteiger partial charge in [0.2, 0.25) is 5.91 Å². The van der Waals surface area contributed by atoms with E-state index in [0.29, 0.717) is 19.3 Å². The Hall–Kier alpha value is -2.38. The largest absolute Gasteiger partial charge is 0.454 e. The molecule has 6 N–H and O–H groups in total. The van der Waals surface area contributed by atoms with Crippen LogP contribution in [0.5, 0.6) is 0 Å². The van der Waals surface area contributed by atoms with Gasteiger partial charge in [0.15, 0.2) is 12.4 Å². The molecule has 1 rings (SSSR count). The first-order chi connectivity index (χ1) is 43.7. The lowest BCUT2D eigenvalue weighted by atomic mass is 9.99. The van der Waals surface area contributed by atoms with E-state index in [4.69, 9.17) is 14.2 Å². The average molecular weight is 1260 g/mol. The topological polar surface area (TPSA) is 175 Å². The number of carbonyl (C=O) groups is 2. The standard InChI is InChI=1S/C78H145NO10/c1-4-7-10-13-16-19-22-25-27-29-31-33-34-35-36-37-38-39-41-43-45-48-51-54-57-60-63-66-73(83)89-76-75(85)74(84)72(67-80)88-78(76)87-68-69(70(81)64-61-58-55-52-49-46-24-21-18-15-12-9-6-3)79-77(86)71(82)65-62-59-56-53-50-47-44-42-40-32-30-28-26-23-20-17-14-11-8-5-2/h16,19,25,27,31,33,61,64,69-72,74-76,78,80-82,84-85H,4-15,17-18,20-24,26,28-30,32,34-60,62-63,65-68H2,1-3H3,(H,79,86)/b19-16-,27-25-,33-31-,64-61+.